The minimum Gasteiger partial charge on any atom is -0.389 e. The Bertz CT molecular complexity index is 467. The van der Waals surface area contributed by atoms with Gasteiger partial charge in [-0.25, -0.2) is 4.98 Å². The molecule has 0 atom stereocenters. The first-order valence-electron chi connectivity index (χ1n) is 6.15. The summed E-state index contributed by atoms with van der Waals surface area (Å²) in [5, 5.41) is 0. The molecule has 0 amide bonds. The molecule has 1 aromatic rings. The number of hydrogen-bond acceptors (Lipinski definition) is 4. The van der Waals surface area contributed by atoms with Gasteiger partial charge in [-0.3, -0.25) is 4.90 Å². The van der Waals surface area contributed by atoms with Gasteiger partial charge in [-0.2, -0.15) is 13.2 Å². The van der Waals surface area contributed by atoms with Crippen LogP contribution < -0.4 is 10.6 Å². The molecule has 0 bridgehead atoms. The van der Waals surface area contributed by atoms with E-state index in [1.54, 1.807) is 18.3 Å². The standard InChI is InChI=1S/C12H15F3N4S/c13-12(14,15)8-18-3-5-19(6-4-18)10-2-1-9(7-17-10)11(16)20/h1-2,7H,3-6,8H2,(H2,16,20). The third-order valence-electron chi connectivity index (χ3n) is 3.13. The maximum atomic E-state index is 12.3. The average Bonchev–Trinajstić information content (AvgIpc) is 2.38. The third kappa shape index (κ3) is 4.04. The average molecular weight is 304 g/mol. The number of halogens is 3. The lowest BCUT2D eigenvalue weighted by Gasteiger charge is -2.35. The molecule has 2 N–H and O–H groups in total. The summed E-state index contributed by atoms with van der Waals surface area (Å²) in [6.07, 6.45) is -2.56. The molecule has 2 rings (SSSR count). The SMILES string of the molecule is NC(=S)c1ccc(N2CCN(CC(F)(F)F)CC2)nc1. The minimum atomic E-state index is -4.14. The monoisotopic (exact) mass is 304 g/mol. The van der Waals surface area contributed by atoms with Crippen molar-refractivity contribution in [3.8, 4) is 0 Å². The van der Waals surface area contributed by atoms with Gasteiger partial charge in [-0.15, -0.1) is 0 Å². The van der Waals surface area contributed by atoms with Gasteiger partial charge < -0.3 is 10.6 Å². The molecular weight excluding hydrogens is 289 g/mol. The molecule has 1 aliphatic heterocycles. The molecular formula is C12H15F3N4S. The largest absolute Gasteiger partial charge is 0.401 e. The van der Waals surface area contributed by atoms with Gasteiger partial charge in [0.15, 0.2) is 0 Å². The van der Waals surface area contributed by atoms with E-state index in [9.17, 15) is 13.2 Å². The molecule has 0 radical (unpaired) electrons. The van der Waals surface area contributed by atoms with Gasteiger partial charge in [0.05, 0.1) is 6.54 Å². The summed E-state index contributed by atoms with van der Waals surface area (Å²) in [5.41, 5.74) is 6.16. The zero-order valence-electron chi connectivity index (χ0n) is 10.7. The van der Waals surface area contributed by atoms with Crippen LogP contribution in [0.1, 0.15) is 5.56 Å². The Morgan fingerprint density at radius 2 is 1.90 bits per heavy atom. The van der Waals surface area contributed by atoms with Gasteiger partial charge in [0.2, 0.25) is 0 Å². The third-order valence-corrected chi connectivity index (χ3v) is 3.37. The second kappa shape index (κ2) is 5.92. The first-order chi connectivity index (χ1) is 9.35. The van der Waals surface area contributed by atoms with E-state index in [0.717, 1.165) is 5.82 Å². The van der Waals surface area contributed by atoms with Gasteiger partial charge in [-0.05, 0) is 12.1 Å². The van der Waals surface area contributed by atoms with Crippen molar-refractivity contribution in [2.24, 2.45) is 5.73 Å². The second-order valence-electron chi connectivity index (χ2n) is 4.65. The first kappa shape index (κ1) is 15.0. The Balaban J connectivity index is 1.92. The maximum Gasteiger partial charge on any atom is 0.401 e. The van der Waals surface area contributed by atoms with E-state index in [0.29, 0.717) is 31.7 Å². The molecule has 110 valence electrons. The molecule has 1 aromatic heterocycles. The van der Waals surface area contributed by atoms with Crippen LogP contribution >= 0.6 is 12.2 Å². The summed E-state index contributed by atoms with van der Waals surface area (Å²) >= 11 is 4.84. The molecule has 0 unspecified atom stereocenters. The lowest BCUT2D eigenvalue weighted by Crippen LogP contribution is -2.49. The van der Waals surface area contributed by atoms with E-state index in [2.05, 4.69) is 4.98 Å². The van der Waals surface area contributed by atoms with Crippen LogP contribution in [0.3, 0.4) is 0 Å². The van der Waals surface area contributed by atoms with Crippen molar-refractivity contribution in [3.05, 3.63) is 23.9 Å². The van der Waals surface area contributed by atoms with Gasteiger partial charge in [0.25, 0.3) is 0 Å². The first-order valence-corrected chi connectivity index (χ1v) is 6.56. The van der Waals surface area contributed by atoms with Crippen LogP contribution in [0.4, 0.5) is 19.0 Å². The summed E-state index contributed by atoms with van der Waals surface area (Å²) in [7, 11) is 0. The predicted molar refractivity (Wildman–Crippen MR) is 74.8 cm³/mol. The molecule has 20 heavy (non-hydrogen) atoms. The quantitative estimate of drug-likeness (QED) is 0.855. The Kier molecular flexibility index (Phi) is 4.44. The fourth-order valence-corrected chi connectivity index (χ4v) is 2.23. The Morgan fingerprint density at radius 1 is 1.25 bits per heavy atom. The zero-order chi connectivity index (χ0) is 14.8. The molecule has 0 spiro atoms. The van der Waals surface area contributed by atoms with E-state index in [1.807, 2.05) is 4.90 Å². The van der Waals surface area contributed by atoms with Crippen LogP contribution in [0.2, 0.25) is 0 Å². The molecule has 1 fully saturated rings. The van der Waals surface area contributed by atoms with Gasteiger partial charge >= 0.3 is 6.18 Å². The molecule has 0 aromatic carbocycles. The lowest BCUT2D eigenvalue weighted by molar-refractivity contribution is -0.146. The number of nitrogens with two attached hydrogens (primary N) is 1. The molecule has 0 aliphatic carbocycles. The summed E-state index contributed by atoms with van der Waals surface area (Å²) in [6, 6.07) is 3.56. The molecule has 8 heteroatoms. The van der Waals surface area contributed by atoms with Crippen molar-refractivity contribution in [2.45, 2.75) is 6.18 Å². The Hall–Kier alpha value is -1.41. The summed E-state index contributed by atoms with van der Waals surface area (Å²) in [5.74, 6) is 0.733. The van der Waals surface area contributed by atoms with E-state index in [-0.39, 0.29) is 4.99 Å². The summed E-state index contributed by atoms with van der Waals surface area (Å²) < 4.78 is 36.9. The van der Waals surface area contributed by atoms with Crippen LogP contribution in [0, 0.1) is 0 Å². The van der Waals surface area contributed by atoms with Gasteiger partial charge in [0.1, 0.15) is 10.8 Å². The van der Waals surface area contributed by atoms with Gasteiger partial charge in [-0.1, -0.05) is 12.2 Å². The maximum absolute atomic E-state index is 12.3. The summed E-state index contributed by atoms with van der Waals surface area (Å²) in [6.45, 7) is 0.941. The minimum absolute atomic E-state index is 0.277. The molecule has 2 heterocycles. The zero-order valence-corrected chi connectivity index (χ0v) is 11.5. The van der Waals surface area contributed by atoms with Crippen LogP contribution in [0.5, 0.6) is 0 Å². The fourth-order valence-electron chi connectivity index (χ4n) is 2.11. The van der Waals surface area contributed by atoms with Gasteiger partial charge in [0, 0.05) is 37.9 Å². The van der Waals surface area contributed by atoms with Crippen molar-refractivity contribution in [2.75, 3.05) is 37.6 Å². The van der Waals surface area contributed by atoms with Crippen molar-refractivity contribution in [1.29, 1.82) is 0 Å². The van der Waals surface area contributed by atoms with E-state index >= 15 is 0 Å². The van der Waals surface area contributed by atoms with Crippen LogP contribution in [-0.4, -0.2) is 53.8 Å². The number of alkyl halides is 3. The molecule has 0 saturated carbocycles. The molecule has 1 saturated heterocycles. The van der Waals surface area contributed by atoms with Crippen LogP contribution in [0.15, 0.2) is 18.3 Å². The smallest absolute Gasteiger partial charge is 0.389 e. The van der Waals surface area contributed by atoms with E-state index in [4.69, 9.17) is 18.0 Å². The molecule has 1 aliphatic rings. The van der Waals surface area contributed by atoms with Crippen molar-refractivity contribution in [3.63, 3.8) is 0 Å². The highest BCUT2D eigenvalue weighted by atomic mass is 32.1. The highest BCUT2D eigenvalue weighted by molar-refractivity contribution is 7.80. The molecule has 4 nitrogen and oxygen atoms in total. The van der Waals surface area contributed by atoms with E-state index in [1.165, 1.54) is 4.90 Å². The highest BCUT2D eigenvalue weighted by Crippen LogP contribution is 2.19. The number of piperazine rings is 1. The number of pyridine rings is 1. The number of nitrogens with zero attached hydrogens (tertiary/aromatic N) is 3. The van der Waals surface area contributed by atoms with Crippen LogP contribution in [0.25, 0.3) is 0 Å². The number of thiocarbonyl (C=S) groups is 1. The fraction of sp³-hybridized carbons (Fsp3) is 0.500. The predicted octanol–water partition coefficient (Wildman–Crippen LogP) is 1.40. The number of anilines is 1. The topological polar surface area (TPSA) is 45.4 Å². The van der Waals surface area contributed by atoms with E-state index < -0.39 is 12.7 Å². The number of rotatable bonds is 3. The number of aromatic nitrogens is 1. The van der Waals surface area contributed by atoms with Crippen molar-refractivity contribution in [1.82, 2.24) is 9.88 Å². The second-order valence-corrected chi connectivity index (χ2v) is 5.09. The normalized spacial score (nSPS) is 17.2. The van der Waals surface area contributed by atoms with Crippen LogP contribution in [-0.2, 0) is 0 Å². The Morgan fingerprint density at radius 3 is 2.35 bits per heavy atom. The lowest BCUT2D eigenvalue weighted by atomic mass is 10.2. The Labute approximate surface area is 120 Å². The summed E-state index contributed by atoms with van der Waals surface area (Å²) in [4.78, 5) is 7.88. The highest BCUT2D eigenvalue weighted by Gasteiger charge is 2.32. The number of hydrogen-bond donors (Lipinski definition) is 1. The van der Waals surface area contributed by atoms with Crippen molar-refractivity contribution < 1.29 is 13.2 Å². The van der Waals surface area contributed by atoms with Crippen molar-refractivity contribution >= 4 is 23.0 Å².